The molecule has 4 rings (SSSR count). The van der Waals surface area contributed by atoms with Gasteiger partial charge in [-0.05, 0) is 30.5 Å². The minimum absolute atomic E-state index is 0.0212. The monoisotopic (exact) mass is 377 g/mol. The largest absolute Gasteiger partial charge is 0.337 e. The van der Waals surface area contributed by atoms with Crippen LogP contribution in [-0.4, -0.2) is 51.8 Å². The van der Waals surface area contributed by atoms with Crippen LogP contribution in [0.3, 0.4) is 0 Å². The van der Waals surface area contributed by atoms with Crippen LogP contribution in [0.2, 0.25) is 0 Å². The zero-order valence-electron chi connectivity index (χ0n) is 16.3. The van der Waals surface area contributed by atoms with Crippen LogP contribution in [0.15, 0.2) is 54.7 Å². The maximum Gasteiger partial charge on any atom is 0.272 e. The number of carbonyl (C=O) groups is 2. The van der Waals surface area contributed by atoms with E-state index in [1.165, 1.54) is 5.56 Å². The van der Waals surface area contributed by atoms with Gasteiger partial charge in [-0.25, -0.2) is 0 Å². The third kappa shape index (κ3) is 3.53. The summed E-state index contributed by atoms with van der Waals surface area (Å²) in [5.41, 5.74) is 1.67. The summed E-state index contributed by atoms with van der Waals surface area (Å²) < 4.78 is 0. The molecule has 2 saturated heterocycles. The molecule has 0 bridgehead atoms. The molecule has 0 spiro atoms. The summed E-state index contributed by atoms with van der Waals surface area (Å²) in [7, 11) is 0. The van der Waals surface area contributed by atoms with Gasteiger partial charge in [0.15, 0.2) is 0 Å². The minimum Gasteiger partial charge on any atom is -0.337 e. The van der Waals surface area contributed by atoms with Crippen LogP contribution in [0.4, 0.5) is 0 Å². The van der Waals surface area contributed by atoms with Crippen LogP contribution in [0.1, 0.15) is 54.6 Å². The number of hydrogen-bond donors (Lipinski definition) is 0. The second-order valence-corrected chi connectivity index (χ2v) is 7.81. The van der Waals surface area contributed by atoms with Crippen LogP contribution in [0.25, 0.3) is 0 Å². The van der Waals surface area contributed by atoms with Gasteiger partial charge in [0, 0.05) is 32.1 Å². The van der Waals surface area contributed by atoms with E-state index in [1.807, 2.05) is 40.1 Å². The predicted molar refractivity (Wildman–Crippen MR) is 108 cm³/mol. The van der Waals surface area contributed by atoms with E-state index >= 15 is 0 Å². The highest BCUT2D eigenvalue weighted by Gasteiger charge is 2.48. The lowest BCUT2D eigenvalue weighted by atomic mass is 9.87. The van der Waals surface area contributed by atoms with Crippen LogP contribution in [0, 0.1) is 0 Å². The van der Waals surface area contributed by atoms with Crippen molar-refractivity contribution in [1.82, 2.24) is 14.8 Å². The molecule has 2 aliphatic rings. The summed E-state index contributed by atoms with van der Waals surface area (Å²) in [4.78, 5) is 34.1. The molecule has 0 radical (unpaired) electrons. The van der Waals surface area contributed by atoms with Crippen LogP contribution in [-0.2, 0) is 4.79 Å². The molecule has 0 saturated carbocycles. The van der Waals surface area contributed by atoms with Crippen molar-refractivity contribution in [3.05, 3.63) is 66.0 Å². The highest BCUT2D eigenvalue weighted by atomic mass is 16.2. The van der Waals surface area contributed by atoms with Gasteiger partial charge in [0.05, 0.1) is 12.1 Å². The van der Waals surface area contributed by atoms with Gasteiger partial charge >= 0.3 is 0 Å². The van der Waals surface area contributed by atoms with E-state index in [0.29, 0.717) is 12.2 Å². The number of hydrogen-bond acceptors (Lipinski definition) is 3. The van der Waals surface area contributed by atoms with E-state index in [-0.39, 0.29) is 29.8 Å². The number of fused-ring (bicyclic) bond motifs is 1. The van der Waals surface area contributed by atoms with Crippen LogP contribution in [0.5, 0.6) is 0 Å². The maximum atomic E-state index is 13.3. The first-order valence-corrected chi connectivity index (χ1v) is 10.2. The molecule has 1 aromatic carbocycles. The quantitative estimate of drug-likeness (QED) is 0.805. The lowest BCUT2D eigenvalue weighted by Crippen LogP contribution is -2.51. The van der Waals surface area contributed by atoms with Gasteiger partial charge in [-0.1, -0.05) is 49.2 Å². The van der Waals surface area contributed by atoms with E-state index in [0.717, 1.165) is 32.2 Å². The summed E-state index contributed by atoms with van der Waals surface area (Å²) in [6.45, 7) is 3.05. The van der Waals surface area contributed by atoms with Crippen molar-refractivity contribution >= 4 is 11.8 Å². The highest BCUT2D eigenvalue weighted by molar-refractivity contribution is 5.93. The molecule has 0 N–H and O–H groups in total. The summed E-state index contributed by atoms with van der Waals surface area (Å²) >= 11 is 0. The molecule has 0 aliphatic carbocycles. The Morgan fingerprint density at radius 2 is 1.75 bits per heavy atom. The Kier molecular flexibility index (Phi) is 5.42. The number of likely N-dealkylation sites (tertiary alicyclic amines) is 2. The van der Waals surface area contributed by atoms with E-state index in [1.54, 1.807) is 19.2 Å². The Morgan fingerprint density at radius 1 is 0.964 bits per heavy atom. The fourth-order valence-electron chi connectivity index (χ4n) is 4.86. The topological polar surface area (TPSA) is 53.5 Å². The summed E-state index contributed by atoms with van der Waals surface area (Å²) in [5, 5.41) is 0. The van der Waals surface area contributed by atoms with Crippen LogP contribution >= 0.6 is 0 Å². The average Bonchev–Trinajstić information content (AvgIpc) is 3.06. The average molecular weight is 377 g/mol. The fourth-order valence-corrected chi connectivity index (χ4v) is 4.86. The van der Waals surface area contributed by atoms with Crippen molar-refractivity contribution in [3.8, 4) is 0 Å². The van der Waals surface area contributed by atoms with Crippen molar-refractivity contribution in [1.29, 1.82) is 0 Å². The molecule has 0 unspecified atom stereocenters. The van der Waals surface area contributed by atoms with Gasteiger partial charge in [-0.2, -0.15) is 0 Å². The smallest absolute Gasteiger partial charge is 0.272 e. The standard InChI is InChI=1S/C23H27N3O2/c1-17(27)25-15-9-3-6-13-21-22(25)19(18-10-4-2-5-11-18)16-26(21)23(28)20-12-7-8-14-24-20/h2,4-5,7-8,10-12,14,19,21-22H,3,6,9,13,15-16H2,1H3/t19-,21+,22-/m0/s1. The lowest BCUT2D eigenvalue weighted by molar-refractivity contribution is -0.132. The van der Waals surface area contributed by atoms with Gasteiger partial charge < -0.3 is 9.80 Å². The molecule has 2 aliphatic heterocycles. The molecule has 2 amide bonds. The number of carbonyl (C=O) groups excluding carboxylic acids is 2. The van der Waals surface area contributed by atoms with Crippen LogP contribution < -0.4 is 0 Å². The molecule has 3 heterocycles. The maximum absolute atomic E-state index is 13.3. The minimum atomic E-state index is -0.0295. The van der Waals surface area contributed by atoms with Gasteiger partial charge in [0.2, 0.25) is 5.91 Å². The third-order valence-corrected chi connectivity index (χ3v) is 6.14. The zero-order valence-corrected chi connectivity index (χ0v) is 16.3. The molecular weight excluding hydrogens is 350 g/mol. The Hall–Kier alpha value is -2.69. The number of amides is 2. The second kappa shape index (κ2) is 8.13. The molecule has 5 heteroatoms. The Morgan fingerprint density at radius 3 is 2.46 bits per heavy atom. The fraction of sp³-hybridized carbons (Fsp3) is 0.435. The van der Waals surface area contributed by atoms with Crippen molar-refractivity contribution < 1.29 is 9.59 Å². The predicted octanol–water partition coefficient (Wildman–Crippen LogP) is 3.48. The molecule has 2 aromatic rings. The number of rotatable bonds is 2. The molecule has 2 fully saturated rings. The molecular formula is C23H27N3O2. The van der Waals surface area contributed by atoms with Crippen molar-refractivity contribution in [2.24, 2.45) is 0 Å². The van der Waals surface area contributed by atoms with Gasteiger partial charge in [0.1, 0.15) is 5.69 Å². The number of nitrogens with zero attached hydrogens (tertiary/aromatic N) is 3. The first-order valence-electron chi connectivity index (χ1n) is 10.2. The van der Waals surface area contributed by atoms with Gasteiger partial charge in [0.25, 0.3) is 5.91 Å². The first kappa shape index (κ1) is 18.7. The molecule has 1 aromatic heterocycles. The van der Waals surface area contributed by atoms with E-state index in [4.69, 9.17) is 0 Å². The number of aromatic nitrogens is 1. The number of benzene rings is 1. The van der Waals surface area contributed by atoms with Crippen molar-refractivity contribution in [3.63, 3.8) is 0 Å². The summed E-state index contributed by atoms with van der Waals surface area (Å²) in [6, 6.07) is 15.8. The molecule has 3 atom stereocenters. The number of pyridine rings is 1. The lowest BCUT2D eigenvalue weighted by Gasteiger charge is -2.38. The Labute approximate surface area is 166 Å². The Bertz CT molecular complexity index is 824. The van der Waals surface area contributed by atoms with Gasteiger partial charge in [-0.15, -0.1) is 0 Å². The normalized spacial score (nSPS) is 25.0. The van der Waals surface area contributed by atoms with Crippen molar-refractivity contribution in [2.75, 3.05) is 13.1 Å². The third-order valence-electron chi connectivity index (χ3n) is 6.14. The highest BCUT2D eigenvalue weighted by Crippen LogP contribution is 2.39. The van der Waals surface area contributed by atoms with E-state index in [2.05, 4.69) is 17.1 Å². The SMILES string of the molecule is CC(=O)N1CCCCC[C@@H]2[C@@H]1[C@H](c1ccccc1)CN2C(=O)c1ccccn1. The van der Waals surface area contributed by atoms with Crippen molar-refractivity contribution in [2.45, 2.75) is 50.6 Å². The van der Waals surface area contributed by atoms with E-state index < -0.39 is 0 Å². The van der Waals surface area contributed by atoms with E-state index in [9.17, 15) is 9.59 Å². The molecule has 146 valence electrons. The zero-order chi connectivity index (χ0) is 19.5. The summed E-state index contributed by atoms with van der Waals surface area (Å²) in [5.74, 6) is 0.198. The molecule has 28 heavy (non-hydrogen) atoms. The first-order chi connectivity index (χ1) is 13.7. The molecule has 5 nitrogen and oxygen atoms in total. The summed E-state index contributed by atoms with van der Waals surface area (Å²) in [6.07, 6.45) is 5.79. The Balaban J connectivity index is 1.74. The second-order valence-electron chi connectivity index (χ2n) is 7.81. The van der Waals surface area contributed by atoms with Gasteiger partial charge in [-0.3, -0.25) is 14.6 Å².